The van der Waals surface area contributed by atoms with E-state index >= 15 is 0 Å². The number of ether oxygens (including phenoxy) is 3. The van der Waals surface area contributed by atoms with Gasteiger partial charge in [-0.05, 0) is 37.3 Å². The topological polar surface area (TPSA) is 27.7 Å². The van der Waals surface area contributed by atoms with Gasteiger partial charge < -0.3 is 18.7 Å². The van der Waals surface area contributed by atoms with Crippen LogP contribution < -0.4 is 4.74 Å². The van der Waals surface area contributed by atoms with Crippen molar-refractivity contribution in [2.24, 2.45) is 0 Å². The summed E-state index contributed by atoms with van der Waals surface area (Å²) >= 11 is 0. The Bertz CT molecular complexity index is 786. The second-order valence-electron chi connectivity index (χ2n) is 11.7. The summed E-state index contributed by atoms with van der Waals surface area (Å²) in [5.41, 5.74) is 2.33. The second kappa shape index (κ2) is 17.8. The molecule has 0 bridgehead atoms. The molecule has 1 atom stereocenters. The molecule has 0 saturated carbocycles. The van der Waals surface area contributed by atoms with Crippen LogP contribution in [0.25, 0.3) is 5.76 Å². The molecule has 0 N–H and O–H groups in total. The number of nitrogens with zero attached hydrogens (tertiary/aromatic N) is 1. The van der Waals surface area contributed by atoms with Crippen LogP contribution in [0.4, 0.5) is 0 Å². The Morgan fingerprint density at radius 1 is 0.649 bits per heavy atom. The normalized spacial score (nSPS) is 15.2. The van der Waals surface area contributed by atoms with E-state index in [0.717, 1.165) is 40.2 Å². The predicted octanol–water partition coefficient (Wildman–Crippen LogP) is 9.09. The van der Waals surface area contributed by atoms with Crippen molar-refractivity contribution in [1.82, 2.24) is 0 Å². The summed E-state index contributed by atoms with van der Waals surface area (Å²) in [5.74, 6) is 2.88. The molecule has 1 aliphatic rings. The fraction of sp³-hybridized carbons (Fsp3) is 0.758. The van der Waals surface area contributed by atoms with Crippen molar-refractivity contribution >= 4 is 5.76 Å². The van der Waals surface area contributed by atoms with Gasteiger partial charge in [0.2, 0.25) is 0 Å². The smallest absolute Gasteiger partial charge is 0.168 e. The molecule has 1 aromatic carbocycles. The molecule has 1 aromatic rings. The van der Waals surface area contributed by atoms with Crippen LogP contribution >= 0.6 is 0 Å². The summed E-state index contributed by atoms with van der Waals surface area (Å²) < 4.78 is 18.3. The Morgan fingerprint density at radius 3 is 1.70 bits per heavy atom. The van der Waals surface area contributed by atoms with Crippen LogP contribution in [0.3, 0.4) is 0 Å². The number of benzene rings is 1. The maximum atomic E-state index is 5.84. The minimum Gasteiger partial charge on any atom is -0.497 e. The number of allylic oxidation sites excluding steroid dienone is 1. The zero-order valence-electron chi connectivity index (χ0n) is 25.2. The van der Waals surface area contributed by atoms with E-state index in [2.05, 4.69) is 33.2 Å². The Morgan fingerprint density at radius 2 is 1.19 bits per heavy atom. The molecule has 0 spiro atoms. The van der Waals surface area contributed by atoms with Gasteiger partial charge in [-0.15, -0.1) is 0 Å². The quantitative estimate of drug-likeness (QED) is 0.114. The molecule has 37 heavy (non-hydrogen) atoms. The lowest BCUT2D eigenvalue weighted by Crippen LogP contribution is -2.41. The maximum absolute atomic E-state index is 5.84. The van der Waals surface area contributed by atoms with Crippen LogP contribution in [0.5, 0.6) is 5.75 Å². The Labute approximate surface area is 229 Å². The van der Waals surface area contributed by atoms with Crippen molar-refractivity contribution in [3.05, 3.63) is 35.1 Å². The number of hydrogen-bond donors (Lipinski definition) is 0. The Hall–Kier alpha value is -1.68. The molecular formula is C33H58NO3+. The first-order chi connectivity index (χ1) is 18.0. The van der Waals surface area contributed by atoms with Gasteiger partial charge in [-0.3, -0.25) is 0 Å². The lowest BCUT2D eigenvalue weighted by Gasteiger charge is -2.30. The molecule has 0 fully saturated rings. The molecule has 1 aliphatic carbocycles. The molecule has 2 rings (SSSR count). The SMILES string of the molecule is CCCCCCCCCCCCCCCC[N+](C)(C)CCCC1C(OC)=C(OC)c2c(OC)cccc21. The third-order valence-electron chi connectivity index (χ3n) is 8.22. The minimum atomic E-state index is 0.242. The molecule has 1 unspecified atom stereocenters. The predicted molar refractivity (Wildman–Crippen MR) is 158 cm³/mol. The highest BCUT2D eigenvalue weighted by Gasteiger charge is 2.36. The summed E-state index contributed by atoms with van der Waals surface area (Å²) in [6.45, 7) is 4.75. The first-order valence-corrected chi connectivity index (χ1v) is 15.3. The van der Waals surface area contributed by atoms with E-state index in [0.29, 0.717) is 0 Å². The number of hydrogen-bond acceptors (Lipinski definition) is 3. The summed E-state index contributed by atoms with van der Waals surface area (Å²) in [4.78, 5) is 0. The second-order valence-corrected chi connectivity index (χ2v) is 11.7. The van der Waals surface area contributed by atoms with Gasteiger partial charge in [0.1, 0.15) is 11.5 Å². The summed E-state index contributed by atoms with van der Waals surface area (Å²) in [7, 11) is 9.99. The molecule has 0 aromatic heterocycles. The van der Waals surface area contributed by atoms with Gasteiger partial charge >= 0.3 is 0 Å². The average molecular weight is 517 g/mol. The standard InChI is InChI=1S/C33H58NO3/c1-7-8-9-10-11-12-13-14-15-16-17-18-19-20-26-34(2,3)27-22-24-29-28-23-21-25-30(35-4)31(28)33(37-6)32(29)36-5/h21,23,25,29H,7-20,22,24,26-27H2,1-6H3/q+1. The first-order valence-electron chi connectivity index (χ1n) is 15.3. The summed E-state index contributed by atoms with van der Waals surface area (Å²) in [5, 5.41) is 0. The number of unbranched alkanes of at least 4 members (excludes halogenated alkanes) is 13. The number of fused-ring (bicyclic) bond motifs is 1. The molecule has 4 nitrogen and oxygen atoms in total. The summed E-state index contributed by atoms with van der Waals surface area (Å²) in [6, 6.07) is 6.28. The Kier molecular flexibility index (Phi) is 15.1. The Balaban J connectivity index is 1.60. The maximum Gasteiger partial charge on any atom is 0.168 e. The first kappa shape index (κ1) is 31.5. The van der Waals surface area contributed by atoms with Crippen molar-refractivity contribution in [2.75, 3.05) is 48.5 Å². The van der Waals surface area contributed by atoms with Gasteiger partial charge in [-0.25, -0.2) is 0 Å². The highest BCUT2D eigenvalue weighted by molar-refractivity contribution is 5.77. The highest BCUT2D eigenvalue weighted by atomic mass is 16.5. The zero-order valence-corrected chi connectivity index (χ0v) is 25.2. The van der Waals surface area contributed by atoms with Crippen LogP contribution in [0.1, 0.15) is 127 Å². The van der Waals surface area contributed by atoms with Crippen LogP contribution in [0.15, 0.2) is 24.0 Å². The third kappa shape index (κ3) is 10.5. The van der Waals surface area contributed by atoms with Crippen molar-refractivity contribution in [2.45, 2.75) is 116 Å². The fourth-order valence-electron chi connectivity index (χ4n) is 5.97. The van der Waals surface area contributed by atoms with Gasteiger partial charge in [-0.1, -0.05) is 96.1 Å². The van der Waals surface area contributed by atoms with E-state index in [-0.39, 0.29) is 5.92 Å². The van der Waals surface area contributed by atoms with E-state index in [9.17, 15) is 0 Å². The average Bonchev–Trinajstić information content (AvgIpc) is 3.21. The fourth-order valence-corrected chi connectivity index (χ4v) is 5.97. The molecule has 212 valence electrons. The van der Waals surface area contributed by atoms with Crippen molar-refractivity contribution < 1.29 is 18.7 Å². The lowest BCUT2D eigenvalue weighted by molar-refractivity contribution is -0.890. The van der Waals surface area contributed by atoms with Crippen LogP contribution in [0.2, 0.25) is 0 Å². The zero-order chi connectivity index (χ0) is 26.9. The van der Waals surface area contributed by atoms with E-state index in [4.69, 9.17) is 14.2 Å². The van der Waals surface area contributed by atoms with Crippen molar-refractivity contribution in [1.29, 1.82) is 0 Å². The van der Waals surface area contributed by atoms with Gasteiger partial charge in [-0.2, -0.15) is 0 Å². The molecule has 4 heteroatoms. The van der Waals surface area contributed by atoms with Crippen molar-refractivity contribution in [3.8, 4) is 5.75 Å². The molecule has 0 heterocycles. The van der Waals surface area contributed by atoms with Crippen molar-refractivity contribution in [3.63, 3.8) is 0 Å². The van der Waals surface area contributed by atoms with E-state index < -0.39 is 0 Å². The number of rotatable bonds is 22. The molecule has 0 radical (unpaired) electrons. The van der Waals surface area contributed by atoms with E-state index in [1.807, 2.05) is 6.07 Å². The largest absolute Gasteiger partial charge is 0.497 e. The van der Waals surface area contributed by atoms with Gasteiger partial charge in [0.05, 0.1) is 54.1 Å². The van der Waals surface area contributed by atoms with Gasteiger partial charge in [0.25, 0.3) is 0 Å². The van der Waals surface area contributed by atoms with Gasteiger partial charge in [0, 0.05) is 5.92 Å². The molecule has 0 saturated heterocycles. The minimum absolute atomic E-state index is 0.242. The van der Waals surface area contributed by atoms with Crippen LogP contribution in [-0.4, -0.2) is 53.0 Å². The number of methoxy groups -OCH3 is 3. The van der Waals surface area contributed by atoms with Gasteiger partial charge in [0.15, 0.2) is 5.76 Å². The van der Waals surface area contributed by atoms with E-state index in [1.165, 1.54) is 109 Å². The lowest BCUT2D eigenvalue weighted by atomic mass is 9.94. The molecule has 0 aliphatic heterocycles. The highest BCUT2D eigenvalue weighted by Crippen LogP contribution is 2.48. The van der Waals surface area contributed by atoms with Crippen LogP contribution in [0, 0.1) is 0 Å². The third-order valence-corrected chi connectivity index (χ3v) is 8.22. The molecule has 0 amide bonds. The molecular weight excluding hydrogens is 458 g/mol. The number of quaternary nitrogens is 1. The van der Waals surface area contributed by atoms with Crippen LogP contribution in [-0.2, 0) is 9.47 Å². The summed E-state index contributed by atoms with van der Waals surface area (Å²) in [6.07, 6.45) is 22.1. The van der Waals surface area contributed by atoms with E-state index in [1.54, 1.807) is 21.3 Å². The monoisotopic (exact) mass is 516 g/mol.